The van der Waals surface area contributed by atoms with Crippen molar-refractivity contribution in [1.29, 1.82) is 0 Å². The Morgan fingerprint density at radius 2 is 1.18 bits per heavy atom. The van der Waals surface area contributed by atoms with Gasteiger partial charge in [0.25, 0.3) is 0 Å². The lowest BCUT2D eigenvalue weighted by Crippen LogP contribution is -2.36. The average Bonchev–Trinajstić information content (AvgIpc) is 2.69. The Hall–Kier alpha value is -0.900. The van der Waals surface area contributed by atoms with Crippen LogP contribution in [0.2, 0.25) is 0 Å². The number of hydrogen-bond donors (Lipinski definition) is 1. The second-order valence-corrected chi connectivity index (χ2v) is 8.08. The summed E-state index contributed by atoms with van der Waals surface area (Å²) in [6.45, 7) is 4.89. The molecule has 0 aliphatic heterocycles. The molecule has 1 N–H and O–H groups in total. The van der Waals surface area contributed by atoms with Crippen LogP contribution >= 0.6 is 0 Å². The SMILES string of the molecule is CCCCCCCCCCCCCC(=O)C(CC(=O)OCCCCCC)NC. The summed E-state index contributed by atoms with van der Waals surface area (Å²) in [6, 6.07) is -0.397. The van der Waals surface area contributed by atoms with E-state index in [1.165, 1.54) is 70.6 Å². The molecular weight excluding hydrogens is 350 g/mol. The minimum atomic E-state index is -0.397. The molecule has 28 heavy (non-hydrogen) atoms. The quantitative estimate of drug-likeness (QED) is 0.181. The summed E-state index contributed by atoms with van der Waals surface area (Å²) in [5, 5.41) is 2.98. The van der Waals surface area contributed by atoms with Crippen LogP contribution in [0.3, 0.4) is 0 Å². The van der Waals surface area contributed by atoms with E-state index >= 15 is 0 Å². The molecular formula is C24H47NO3. The minimum absolute atomic E-state index is 0.140. The number of esters is 1. The van der Waals surface area contributed by atoms with Gasteiger partial charge in [-0.15, -0.1) is 0 Å². The first-order chi connectivity index (χ1) is 13.7. The molecule has 0 aromatic carbocycles. The van der Waals surface area contributed by atoms with Crippen molar-refractivity contribution in [1.82, 2.24) is 5.32 Å². The van der Waals surface area contributed by atoms with E-state index in [-0.39, 0.29) is 18.2 Å². The Balaban J connectivity index is 3.64. The lowest BCUT2D eigenvalue weighted by atomic mass is 10.0. The number of rotatable bonds is 21. The highest BCUT2D eigenvalue weighted by molar-refractivity contribution is 5.88. The van der Waals surface area contributed by atoms with Crippen LogP contribution in [-0.2, 0) is 14.3 Å². The van der Waals surface area contributed by atoms with E-state index in [9.17, 15) is 9.59 Å². The van der Waals surface area contributed by atoms with Gasteiger partial charge in [-0.3, -0.25) is 9.59 Å². The van der Waals surface area contributed by atoms with E-state index in [1.807, 2.05) is 0 Å². The number of ketones is 1. The summed E-state index contributed by atoms with van der Waals surface area (Å²) in [5.74, 6) is -0.121. The summed E-state index contributed by atoms with van der Waals surface area (Å²) in [6.07, 6.45) is 19.1. The first-order valence-electron chi connectivity index (χ1n) is 12.0. The first kappa shape index (κ1) is 27.1. The average molecular weight is 398 g/mol. The summed E-state index contributed by atoms with van der Waals surface area (Å²) < 4.78 is 5.25. The van der Waals surface area contributed by atoms with E-state index < -0.39 is 6.04 Å². The third-order valence-electron chi connectivity index (χ3n) is 5.40. The zero-order valence-electron chi connectivity index (χ0n) is 19.0. The molecule has 0 amide bonds. The Bertz CT molecular complexity index is 371. The highest BCUT2D eigenvalue weighted by Gasteiger charge is 2.20. The zero-order valence-corrected chi connectivity index (χ0v) is 19.0. The predicted molar refractivity (Wildman–Crippen MR) is 119 cm³/mol. The minimum Gasteiger partial charge on any atom is -0.466 e. The molecule has 0 aromatic rings. The number of carbonyl (C=O) groups is 2. The monoisotopic (exact) mass is 397 g/mol. The van der Waals surface area contributed by atoms with Gasteiger partial charge in [0.2, 0.25) is 0 Å². The molecule has 0 aliphatic rings. The van der Waals surface area contributed by atoms with Crippen molar-refractivity contribution in [2.75, 3.05) is 13.7 Å². The van der Waals surface area contributed by atoms with Gasteiger partial charge in [-0.05, 0) is 19.9 Å². The van der Waals surface area contributed by atoms with E-state index in [0.717, 1.165) is 25.7 Å². The number of ether oxygens (including phenoxy) is 1. The Kier molecular flexibility index (Phi) is 20.2. The standard InChI is InChI=1S/C24H47NO3/c1-4-6-8-10-11-12-13-14-15-16-17-19-23(26)22(25-3)21-24(27)28-20-18-9-7-5-2/h22,25H,4-21H2,1-3H3. The number of carbonyl (C=O) groups excluding carboxylic acids is 2. The molecule has 4 nitrogen and oxygen atoms in total. The molecule has 0 aliphatic carbocycles. The summed E-state index contributed by atoms with van der Waals surface area (Å²) in [4.78, 5) is 24.2. The van der Waals surface area contributed by atoms with Gasteiger partial charge in [0, 0.05) is 6.42 Å². The van der Waals surface area contributed by atoms with Crippen LogP contribution in [0.1, 0.15) is 123 Å². The van der Waals surface area contributed by atoms with Gasteiger partial charge in [-0.25, -0.2) is 0 Å². The first-order valence-corrected chi connectivity index (χ1v) is 12.0. The lowest BCUT2D eigenvalue weighted by Gasteiger charge is -2.14. The third kappa shape index (κ3) is 17.2. The molecule has 1 atom stereocenters. The van der Waals surface area contributed by atoms with Crippen molar-refractivity contribution in [3.05, 3.63) is 0 Å². The van der Waals surface area contributed by atoms with E-state index in [1.54, 1.807) is 7.05 Å². The topological polar surface area (TPSA) is 55.4 Å². The maximum absolute atomic E-state index is 12.3. The molecule has 166 valence electrons. The van der Waals surface area contributed by atoms with Crippen LogP contribution in [-0.4, -0.2) is 31.4 Å². The Morgan fingerprint density at radius 3 is 1.68 bits per heavy atom. The predicted octanol–water partition coefficient (Wildman–Crippen LogP) is 6.36. The fraction of sp³-hybridized carbons (Fsp3) is 0.917. The zero-order chi connectivity index (χ0) is 20.9. The van der Waals surface area contributed by atoms with Crippen LogP contribution in [0, 0.1) is 0 Å². The molecule has 0 aromatic heterocycles. The van der Waals surface area contributed by atoms with Crippen LogP contribution < -0.4 is 5.32 Å². The Morgan fingerprint density at radius 1 is 0.714 bits per heavy atom. The van der Waals surface area contributed by atoms with Gasteiger partial charge in [-0.2, -0.15) is 0 Å². The molecule has 4 heteroatoms. The van der Waals surface area contributed by atoms with Gasteiger partial charge in [0.1, 0.15) is 5.78 Å². The fourth-order valence-corrected chi connectivity index (χ4v) is 3.45. The number of likely N-dealkylation sites (N-methyl/N-ethyl adjacent to an activating group) is 1. The molecule has 0 saturated carbocycles. The van der Waals surface area contributed by atoms with Gasteiger partial charge in [0.15, 0.2) is 0 Å². The van der Waals surface area contributed by atoms with Crippen molar-refractivity contribution in [2.24, 2.45) is 0 Å². The van der Waals surface area contributed by atoms with E-state index in [4.69, 9.17) is 4.74 Å². The van der Waals surface area contributed by atoms with Crippen LogP contribution in [0.15, 0.2) is 0 Å². The third-order valence-corrected chi connectivity index (χ3v) is 5.40. The molecule has 0 spiro atoms. The summed E-state index contributed by atoms with van der Waals surface area (Å²) in [5.41, 5.74) is 0. The van der Waals surface area contributed by atoms with E-state index in [2.05, 4.69) is 19.2 Å². The molecule has 0 heterocycles. The number of unbranched alkanes of at least 4 members (excludes halogenated alkanes) is 13. The van der Waals surface area contributed by atoms with Crippen molar-refractivity contribution in [3.63, 3.8) is 0 Å². The largest absolute Gasteiger partial charge is 0.466 e. The molecule has 0 radical (unpaired) electrons. The molecule has 0 bridgehead atoms. The van der Waals surface area contributed by atoms with Crippen molar-refractivity contribution >= 4 is 11.8 Å². The lowest BCUT2D eigenvalue weighted by molar-refractivity contribution is -0.145. The molecule has 0 rings (SSSR count). The van der Waals surface area contributed by atoms with Gasteiger partial charge >= 0.3 is 5.97 Å². The van der Waals surface area contributed by atoms with Gasteiger partial charge < -0.3 is 10.1 Å². The molecule has 0 saturated heterocycles. The summed E-state index contributed by atoms with van der Waals surface area (Å²) >= 11 is 0. The maximum Gasteiger partial charge on any atom is 0.307 e. The highest BCUT2D eigenvalue weighted by Crippen LogP contribution is 2.13. The van der Waals surface area contributed by atoms with Crippen molar-refractivity contribution in [3.8, 4) is 0 Å². The van der Waals surface area contributed by atoms with Crippen molar-refractivity contribution < 1.29 is 14.3 Å². The second kappa shape index (κ2) is 20.8. The Labute approximate surface area is 174 Å². The maximum atomic E-state index is 12.3. The second-order valence-electron chi connectivity index (χ2n) is 8.08. The van der Waals surface area contributed by atoms with Gasteiger partial charge in [-0.1, -0.05) is 97.3 Å². The van der Waals surface area contributed by atoms with Crippen molar-refractivity contribution in [2.45, 2.75) is 129 Å². The van der Waals surface area contributed by atoms with Crippen LogP contribution in [0.4, 0.5) is 0 Å². The smallest absolute Gasteiger partial charge is 0.307 e. The fourth-order valence-electron chi connectivity index (χ4n) is 3.45. The number of nitrogens with one attached hydrogen (secondary N) is 1. The van der Waals surface area contributed by atoms with E-state index in [0.29, 0.717) is 13.0 Å². The normalized spacial score (nSPS) is 12.1. The number of hydrogen-bond acceptors (Lipinski definition) is 4. The van der Waals surface area contributed by atoms with Crippen LogP contribution in [0.25, 0.3) is 0 Å². The number of Topliss-reactive ketones (excluding diaryl/α,β-unsaturated/α-hetero) is 1. The van der Waals surface area contributed by atoms with Gasteiger partial charge in [0.05, 0.1) is 19.1 Å². The molecule has 0 fully saturated rings. The van der Waals surface area contributed by atoms with Crippen LogP contribution in [0.5, 0.6) is 0 Å². The molecule has 1 unspecified atom stereocenters. The highest BCUT2D eigenvalue weighted by atomic mass is 16.5. The summed E-state index contributed by atoms with van der Waals surface area (Å²) in [7, 11) is 1.75.